The minimum absolute atomic E-state index is 0.900. The summed E-state index contributed by atoms with van der Waals surface area (Å²) >= 11 is 1.44. The van der Waals surface area contributed by atoms with E-state index in [0.717, 1.165) is 30.3 Å². The fourth-order valence-electron chi connectivity index (χ4n) is 1.43. The monoisotopic (exact) mass is 233 g/mol. The van der Waals surface area contributed by atoms with Gasteiger partial charge in [-0.3, -0.25) is 0 Å². The van der Waals surface area contributed by atoms with Crippen LogP contribution in [0.2, 0.25) is 0 Å². The number of nitrogens with zero attached hydrogens (tertiary/aromatic N) is 2. The predicted molar refractivity (Wildman–Crippen MR) is 67.9 cm³/mol. The van der Waals surface area contributed by atoms with Crippen molar-refractivity contribution in [3.05, 3.63) is 41.7 Å². The van der Waals surface area contributed by atoms with Crippen molar-refractivity contribution in [2.75, 3.05) is 11.9 Å². The van der Waals surface area contributed by atoms with E-state index in [4.69, 9.17) is 0 Å². The van der Waals surface area contributed by atoms with Crippen LogP contribution in [0.25, 0.3) is 0 Å². The Labute approximate surface area is 99.7 Å². The molecule has 3 nitrogen and oxygen atoms in total. The molecule has 16 heavy (non-hydrogen) atoms. The highest BCUT2D eigenvalue weighted by atomic mass is 32.1. The quantitative estimate of drug-likeness (QED) is 0.863. The molecule has 2 aromatic rings. The van der Waals surface area contributed by atoms with E-state index in [9.17, 15) is 0 Å². The van der Waals surface area contributed by atoms with Crippen molar-refractivity contribution in [1.82, 2.24) is 9.36 Å². The van der Waals surface area contributed by atoms with Crippen LogP contribution in [0.15, 0.2) is 30.3 Å². The number of aromatic nitrogens is 2. The maximum atomic E-state index is 4.36. The smallest absolute Gasteiger partial charge is 0.202 e. The molecule has 0 aliphatic heterocycles. The van der Waals surface area contributed by atoms with Gasteiger partial charge in [0.15, 0.2) is 0 Å². The Morgan fingerprint density at radius 2 is 2.06 bits per heavy atom. The number of hydrogen-bond acceptors (Lipinski definition) is 4. The maximum absolute atomic E-state index is 4.36. The number of aryl methyl sites for hydroxylation is 1. The van der Waals surface area contributed by atoms with Crippen LogP contribution in [-0.4, -0.2) is 15.9 Å². The van der Waals surface area contributed by atoms with Crippen molar-refractivity contribution in [3.8, 4) is 0 Å². The first-order chi connectivity index (χ1) is 7.88. The molecular weight excluding hydrogens is 218 g/mol. The molecule has 0 fully saturated rings. The van der Waals surface area contributed by atoms with Gasteiger partial charge in [0.2, 0.25) is 5.13 Å². The number of benzene rings is 1. The van der Waals surface area contributed by atoms with Gasteiger partial charge in [-0.15, -0.1) is 0 Å². The lowest BCUT2D eigenvalue weighted by Gasteiger charge is -2.01. The largest absolute Gasteiger partial charge is 0.360 e. The molecule has 0 aliphatic rings. The molecule has 0 saturated heterocycles. The minimum Gasteiger partial charge on any atom is -0.360 e. The van der Waals surface area contributed by atoms with Crippen LogP contribution >= 0.6 is 11.5 Å². The van der Waals surface area contributed by atoms with E-state index in [0.29, 0.717) is 0 Å². The molecule has 1 aromatic heterocycles. The van der Waals surface area contributed by atoms with Crippen LogP contribution < -0.4 is 5.32 Å². The van der Waals surface area contributed by atoms with Crippen molar-refractivity contribution in [1.29, 1.82) is 0 Å². The van der Waals surface area contributed by atoms with Gasteiger partial charge in [0.25, 0.3) is 0 Å². The molecule has 1 N–H and O–H groups in total. The number of nitrogens with one attached hydrogen (secondary N) is 1. The first-order valence-electron chi connectivity index (χ1n) is 5.49. The van der Waals surface area contributed by atoms with Gasteiger partial charge < -0.3 is 5.32 Å². The van der Waals surface area contributed by atoms with Gasteiger partial charge in [0.05, 0.1) is 0 Å². The van der Waals surface area contributed by atoms with E-state index in [-0.39, 0.29) is 0 Å². The second kappa shape index (κ2) is 5.61. The first-order valence-corrected chi connectivity index (χ1v) is 6.26. The molecule has 0 amide bonds. The Bertz CT molecular complexity index is 425. The Morgan fingerprint density at radius 1 is 1.25 bits per heavy atom. The Hall–Kier alpha value is -1.42. The van der Waals surface area contributed by atoms with Gasteiger partial charge in [-0.05, 0) is 12.0 Å². The van der Waals surface area contributed by atoms with Crippen LogP contribution in [0.1, 0.15) is 18.3 Å². The molecule has 0 saturated carbocycles. The lowest BCUT2D eigenvalue weighted by Crippen LogP contribution is -2.04. The van der Waals surface area contributed by atoms with E-state index in [1.807, 2.05) is 6.07 Å². The summed E-state index contributed by atoms with van der Waals surface area (Å²) in [7, 11) is 0. The van der Waals surface area contributed by atoms with Gasteiger partial charge in [-0.2, -0.15) is 4.37 Å². The molecule has 0 unspecified atom stereocenters. The van der Waals surface area contributed by atoms with E-state index < -0.39 is 0 Å². The lowest BCUT2D eigenvalue weighted by atomic mass is 10.2. The highest BCUT2D eigenvalue weighted by molar-refractivity contribution is 7.09. The second-order valence-corrected chi connectivity index (χ2v) is 4.28. The molecule has 0 aliphatic carbocycles. The SMILES string of the molecule is CCc1nsc(NCCc2ccccc2)n1. The summed E-state index contributed by atoms with van der Waals surface area (Å²) in [4.78, 5) is 4.36. The zero-order valence-electron chi connectivity index (χ0n) is 9.31. The Balaban J connectivity index is 1.80. The standard InChI is InChI=1S/C12H15N3S/c1-2-11-14-12(16-15-11)13-9-8-10-6-4-3-5-7-10/h3-7H,2,8-9H2,1H3,(H,13,14,15). The third-order valence-corrected chi connectivity index (χ3v) is 3.03. The van der Waals surface area contributed by atoms with Crippen molar-refractivity contribution in [2.45, 2.75) is 19.8 Å². The third-order valence-electron chi connectivity index (χ3n) is 2.32. The Morgan fingerprint density at radius 3 is 2.75 bits per heavy atom. The molecule has 84 valence electrons. The van der Waals surface area contributed by atoms with Crippen molar-refractivity contribution in [3.63, 3.8) is 0 Å². The molecule has 4 heteroatoms. The minimum atomic E-state index is 0.900. The van der Waals surface area contributed by atoms with Crippen molar-refractivity contribution in [2.24, 2.45) is 0 Å². The predicted octanol–water partition coefficient (Wildman–Crippen LogP) is 2.76. The summed E-state index contributed by atoms with van der Waals surface area (Å²) in [5.74, 6) is 0.923. The molecular formula is C12H15N3S. The topological polar surface area (TPSA) is 37.8 Å². The average Bonchev–Trinajstić information content (AvgIpc) is 2.78. The van der Waals surface area contributed by atoms with Crippen LogP contribution in [-0.2, 0) is 12.8 Å². The van der Waals surface area contributed by atoms with Gasteiger partial charge in [-0.1, -0.05) is 37.3 Å². The molecule has 0 atom stereocenters. The normalized spacial score (nSPS) is 10.3. The summed E-state index contributed by atoms with van der Waals surface area (Å²) in [6.07, 6.45) is 1.92. The average molecular weight is 233 g/mol. The van der Waals surface area contributed by atoms with Gasteiger partial charge in [0.1, 0.15) is 5.82 Å². The van der Waals surface area contributed by atoms with Crippen molar-refractivity contribution < 1.29 is 0 Å². The highest BCUT2D eigenvalue weighted by Gasteiger charge is 2.00. The number of hydrogen-bond donors (Lipinski definition) is 1. The number of anilines is 1. The zero-order chi connectivity index (χ0) is 11.2. The summed E-state index contributed by atoms with van der Waals surface area (Å²) in [6.45, 7) is 2.97. The zero-order valence-corrected chi connectivity index (χ0v) is 10.1. The van der Waals surface area contributed by atoms with Crippen molar-refractivity contribution >= 4 is 16.7 Å². The molecule has 0 radical (unpaired) electrons. The van der Waals surface area contributed by atoms with E-state index in [2.05, 4.69) is 45.9 Å². The van der Waals surface area contributed by atoms with Gasteiger partial charge in [0, 0.05) is 24.5 Å². The van der Waals surface area contributed by atoms with Crippen LogP contribution in [0.3, 0.4) is 0 Å². The summed E-state index contributed by atoms with van der Waals surface area (Å²) in [5, 5.41) is 4.22. The fourth-order valence-corrected chi connectivity index (χ4v) is 2.10. The fraction of sp³-hybridized carbons (Fsp3) is 0.333. The lowest BCUT2D eigenvalue weighted by molar-refractivity contribution is 0.978. The van der Waals surface area contributed by atoms with Crippen LogP contribution in [0.5, 0.6) is 0 Å². The molecule has 1 aromatic carbocycles. The molecule has 0 spiro atoms. The summed E-state index contributed by atoms with van der Waals surface area (Å²) in [5.41, 5.74) is 1.34. The summed E-state index contributed by atoms with van der Waals surface area (Å²) < 4.78 is 4.23. The molecule has 0 bridgehead atoms. The van der Waals surface area contributed by atoms with Crippen LogP contribution in [0, 0.1) is 0 Å². The number of rotatable bonds is 5. The second-order valence-electron chi connectivity index (χ2n) is 3.53. The van der Waals surface area contributed by atoms with Crippen LogP contribution in [0.4, 0.5) is 5.13 Å². The highest BCUT2D eigenvalue weighted by Crippen LogP contribution is 2.11. The molecule has 1 heterocycles. The van der Waals surface area contributed by atoms with E-state index >= 15 is 0 Å². The van der Waals surface area contributed by atoms with E-state index in [1.54, 1.807) is 0 Å². The van der Waals surface area contributed by atoms with Gasteiger partial charge in [-0.25, -0.2) is 4.98 Å². The summed E-state index contributed by atoms with van der Waals surface area (Å²) in [6, 6.07) is 10.4. The maximum Gasteiger partial charge on any atom is 0.202 e. The first kappa shape index (κ1) is 11.1. The molecule has 2 rings (SSSR count). The van der Waals surface area contributed by atoms with E-state index in [1.165, 1.54) is 17.1 Å². The van der Waals surface area contributed by atoms with Gasteiger partial charge >= 0.3 is 0 Å². The third kappa shape index (κ3) is 3.03. The Kier molecular flexibility index (Phi) is 3.88.